The normalized spacial score (nSPS) is 33.3. The first-order chi connectivity index (χ1) is 7.31. The van der Waals surface area contributed by atoms with Crippen LogP contribution in [0.15, 0.2) is 18.3 Å². The van der Waals surface area contributed by atoms with Gasteiger partial charge in [-0.2, -0.15) is 0 Å². The summed E-state index contributed by atoms with van der Waals surface area (Å²) in [4.78, 5) is 4.32. The average Bonchev–Trinajstić information content (AvgIpc) is 2.83. The Morgan fingerprint density at radius 2 is 2.20 bits per heavy atom. The highest BCUT2D eigenvalue weighted by Crippen LogP contribution is 2.45. The van der Waals surface area contributed by atoms with E-state index in [1.807, 2.05) is 13.1 Å². The Morgan fingerprint density at radius 1 is 1.27 bits per heavy atom. The minimum Gasteiger partial charge on any atom is -0.381 e. The first-order valence-electron chi connectivity index (χ1n) is 6.00. The van der Waals surface area contributed by atoms with Crippen LogP contribution in [0.4, 0.5) is 5.69 Å². The molecule has 3 rings (SSSR count). The molecule has 0 saturated heterocycles. The molecule has 1 N–H and O–H groups in total. The van der Waals surface area contributed by atoms with Gasteiger partial charge in [-0.05, 0) is 50.2 Å². The van der Waals surface area contributed by atoms with Crippen molar-refractivity contribution in [3.8, 4) is 0 Å². The summed E-state index contributed by atoms with van der Waals surface area (Å²) >= 11 is 0. The standard InChI is InChI=1S/C13H18N2/c1-9-2-5-12(8-14-9)15-13-7-10-3-4-11(13)6-10/h2,5,8,10-11,13,15H,3-4,6-7H2,1H3/t10-,11+,13+/m0/s1. The lowest BCUT2D eigenvalue weighted by Crippen LogP contribution is -2.25. The van der Waals surface area contributed by atoms with Crippen molar-refractivity contribution >= 4 is 5.69 Å². The first kappa shape index (κ1) is 9.20. The molecular weight excluding hydrogens is 184 g/mol. The van der Waals surface area contributed by atoms with E-state index in [1.54, 1.807) is 0 Å². The molecule has 0 unspecified atom stereocenters. The molecule has 0 spiro atoms. The van der Waals surface area contributed by atoms with E-state index in [0.717, 1.165) is 17.5 Å². The number of aromatic nitrogens is 1. The summed E-state index contributed by atoms with van der Waals surface area (Å²) in [5, 5.41) is 3.64. The van der Waals surface area contributed by atoms with Crippen molar-refractivity contribution in [2.24, 2.45) is 11.8 Å². The van der Waals surface area contributed by atoms with Crippen LogP contribution in [-0.2, 0) is 0 Å². The average molecular weight is 202 g/mol. The quantitative estimate of drug-likeness (QED) is 0.797. The molecule has 2 aliphatic rings. The summed E-state index contributed by atoms with van der Waals surface area (Å²) < 4.78 is 0. The van der Waals surface area contributed by atoms with Crippen molar-refractivity contribution in [3.63, 3.8) is 0 Å². The molecule has 2 saturated carbocycles. The molecule has 0 radical (unpaired) electrons. The number of anilines is 1. The fourth-order valence-corrected chi connectivity index (χ4v) is 3.19. The molecule has 15 heavy (non-hydrogen) atoms. The fourth-order valence-electron chi connectivity index (χ4n) is 3.19. The van der Waals surface area contributed by atoms with Gasteiger partial charge in [0.05, 0.1) is 11.9 Å². The molecule has 0 aromatic carbocycles. The summed E-state index contributed by atoms with van der Waals surface area (Å²) in [6.07, 6.45) is 7.69. The smallest absolute Gasteiger partial charge is 0.0529 e. The van der Waals surface area contributed by atoms with E-state index in [2.05, 4.69) is 22.4 Å². The number of nitrogens with one attached hydrogen (secondary N) is 1. The van der Waals surface area contributed by atoms with Crippen LogP contribution in [0.1, 0.15) is 31.4 Å². The Kier molecular flexibility index (Phi) is 2.15. The monoisotopic (exact) mass is 202 g/mol. The lowest BCUT2D eigenvalue weighted by Gasteiger charge is -2.23. The zero-order valence-corrected chi connectivity index (χ0v) is 9.24. The van der Waals surface area contributed by atoms with Gasteiger partial charge in [-0.25, -0.2) is 0 Å². The third kappa shape index (κ3) is 1.73. The number of hydrogen-bond acceptors (Lipinski definition) is 2. The van der Waals surface area contributed by atoms with Crippen molar-refractivity contribution in [3.05, 3.63) is 24.0 Å². The van der Waals surface area contributed by atoms with E-state index in [4.69, 9.17) is 0 Å². The topological polar surface area (TPSA) is 24.9 Å². The SMILES string of the molecule is Cc1ccc(N[C@@H]2C[C@H]3CC[C@@H]2C3)cn1. The van der Waals surface area contributed by atoms with Crippen LogP contribution in [0, 0.1) is 18.8 Å². The molecule has 3 atom stereocenters. The highest BCUT2D eigenvalue weighted by molar-refractivity contribution is 5.42. The van der Waals surface area contributed by atoms with E-state index in [9.17, 15) is 0 Å². The number of aryl methyl sites for hydroxylation is 1. The predicted molar refractivity (Wildman–Crippen MR) is 61.8 cm³/mol. The maximum atomic E-state index is 4.32. The van der Waals surface area contributed by atoms with E-state index < -0.39 is 0 Å². The molecule has 1 heterocycles. The number of hydrogen-bond donors (Lipinski definition) is 1. The molecule has 2 heteroatoms. The molecule has 1 aromatic heterocycles. The van der Waals surface area contributed by atoms with Crippen molar-refractivity contribution in [2.75, 3.05) is 5.32 Å². The van der Waals surface area contributed by atoms with Crippen LogP contribution >= 0.6 is 0 Å². The second-order valence-corrected chi connectivity index (χ2v) is 5.11. The van der Waals surface area contributed by atoms with Crippen LogP contribution in [0.3, 0.4) is 0 Å². The molecule has 2 fully saturated rings. The second-order valence-electron chi connectivity index (χ2n) is 5.11. The van der Waals surface area contributed by atoms with Gasteiger partial charge in [0.2, 0.25) is 0 Å². The maximum absolute atomic E-state index is 4.32. The van der Waals surface area contributed by atoms with Gasteiger partial charge in [0.1, 0.15) is 0 Å². The molecule has 1 aromatic rings. The van der Waals surface area contributed by atoms with Gasteiger partial charge in [-0.15, -0.1) is 0 Å². The molecule has 2 nitrogen and oxygen atoms in total. The summed E-state index contributed by atoms with van der Waals surface area (Å²) in [5.74, 6) is 1.93. The summed E-state index contributed by atoms with van der Waals surface area (Å²) in [6, 6.07) is 4.94. The van der Waals surface area contributed by atoms with Crippen LogP contribution < -0.4 is 5.32 Å². The predicted octanol–water partition coefficient (Wildman–Crippen LogP) is 2.99. The first-order valence-corrected chi connectivity index (χ1v) is 6.00. The lowest BCUT2D eigenvalue weighted by atomic mass is 9.95. The molecule has 80 valence electrons. The fraction of sp³-hybridized carbons (Fsp3) is 0.615. The minimum atomic E-state index is 0.716. The third-order valence-electron chi connectivity index (χ3n) is 4.00. The van der Waals surface area contributed by atoms with Gasteiger partial charge >= 0.3 is 0 Å². The van der Waals surface area contributed by atoms with Gasteiger partial charge in [-0.3, -0.25) is 4.98 Å². The Bertz CT molecular complexity index is 344. The third-order valence-corrected chi connectivity index (χ3v) is 4.00. The largest absolute Gasteiger partial charge is 0.381 e. The van der Waals surface area contributed by atoms with Crippen molar-refractivity contribution in [1.29, 1.82) is 0 Å². The molecule has 0 aliphatic heterocycles. The van der Waals surface area contributed by atoms with Crippen LogP contribution in [0.2, 0.25) is 0 Å². The van der Waals surface area contributed by atoms with Gasteiger partial charge < -0.3 is 5.32 Å². The van der Waals surface area contributed by atoms with Crippen LogP contribution in [0.5, 0.6) is 0 Å². The number of pyridine rings is 1. The van der Waals surface area contributed by atoms with Gasteiger partial charge in [0.25, 0.3) is 0 Å². The number of rotatable bonds is 2. The van der Waals surface area contributed by atoms with Crippen LogP contribution in [0.25, 0.3) is 0 Å². The highest BCUT2D eigenvalue weighted by Gasteiger charge is 2.39. The van der Waals surface area contributed by atoms with E-state index >= 15 is 0 Å². The second kappa shape index (κ2) is 3.51. The molecule has 0 amide bonds. The lowest BCUT2D eigenvalue weighted by molar-refractivity contribution is 0.439. The van der Waals surface area contributed by atoms with Crippen molar-refractivity contribution < 1.29 is 0 Å². The highest BCUT2D eigenvalue weighted by atomic mass is 15.0. The van der Waals surface area contributed by atoms with Crippen molar-refractivity contribution in [1.82, 2.24) is 4.98 Å². The zero-order chi connectivity index (χ0) is 10.3. The Morgan fingerprint density at radius 3 is 2.80 bits per heavy atom. The van der Waals surface area contributed by atoms with Gasteiger partial charge in [0.15, 0.2) is 0 Å². The summed E-state index contributed by atoms with van der Waals surface area (Å²) in [5.41, 5.74) is 2.28. The Labute approximate surface area is 91.1 Å². The van der Waals surface area contributed by atoms with Gasteiger partial charge in [-0.1, -0.05) is 6.42 Å². The minimum absolute atomic E-state index is 0.716. The van der Waals surface area contributed by atoms with Crippen molar-refractivity contribution in [2.45, 2.75) is 38.6 Å². The van der Waals surface area contributed by atoms with E-state index in [1.165, 1.54) is 31.4 Å². The van der Waals surface area contributed by atoms with Gasteiger partial charge in [0, 0.05) is 11.7 Å². The van der Waals surface area contributed by atoms with Crippen LogP contribution in [-0.4, -0.2) is 11.0 Å². The Hall–Kier alpha value is -1.05. The molecule has 2 aliphatic carbocycles. The van der Waals surface area contributed by atoms with E-state index in [0.29, 0.717) is 6.04 Å². The molecule has 2 bridgehead atoms. The zero-order valence-electron chi connectivity index (χ0n) is 9.24. The summed E-state index contributed by atoms with van der Waals surface area (Å²) in [7, 11) is 0. The van der Waals surface area contributed by atoms with E-state index in [-0.39, 0.29) is 0 Å². The molecular formula is C13H18N2. The number of fused-ring (bicyclic) bond motifs is 2. The number of nitrogens with zero attached hydrogens (tertiary/aromatic N) is 1. The summed E-state index contributed by atoms with van der Waals surface area (Å²) in [6.45, 7) is 2.03. The maximum Gasteiger partial charge on any atom is 0.0529 e. The Balaban J connectivity index is 1.68.